The summed E-state index contributed by atoms with van der Waals surface area (Å²) in [6, 6.07) is 1.61. The Hall–Kier alpha value is -1.46. The summed E-state index contributed by atoms with van der Waals surface area (Å²) in [6.45, 7) is 2.92. The number of rotatable bonds is 4. The number of anilines is 1. The van der Waals surface area contributed by atoms with E-state index in [1.165, 1.54) is 0 Å². The predicted octanol–water partition coefficient (Wildman–Crippen LogP) is 2.66. The highest BCUT2D eigenvalue weighted by molar-refractivity contribution is 6.34. The van der Waals surface area contributed by atoms with Crippen LogP contribution in [0.3, 0.4) is 0 Å². The van der Waals surface area contributed by atoms with E-state index >= 15 is 0 Å². The Kier molecular flexibility index (Phi) is 4.74. The van der Waals surface area contributed by atoms with Gasteiger partial charge in [-0.15, -0.1) is 0 Å². The third-order valence-electron chi connectivity index (χ3n) is 4.34. The van der Waals surface area contributed by atoms with E-state index in [2.05, 4.69) is 5.32 Å². The smallest absolute Gasteiger partial charge is 0.186 e. The molecular formula is C16H21ClN2O3. The normalized spacial score (nSPS) is 18.2. The Morgan fingerprint density at radius 2 is 1.95 bits per heavy atom. The van der Waals surface area contributed by atoms with Crippen LogP contribution in [0.2, 0.25) is 5.02 Å². The van der Waals surface area contributed by atoms with Gasteiger partial charge in [0, 0.05) is 6.42 Å². The van der Waals surface area contributed by atoms with Crippen molar-refractivity contribution in [3.63, 3.8) is 0 Å². The second-order valence-corrected chi connectivity index (χ2v) is 6.24. The number of hydrogen-bond donors (Lipinski definition) is 2. The molecule has 3 N–H and O–H groups in total. The molecular weight excluding hydrogens is 304 g/mol. The van der Waals surface area contributed by atoms with Crippen LogP contribution in [0.15, 0.2) is 6.07 Å². The molecule has 1 saturated heterocycles. The second kappa shape index (κ2) is 6.75. The first-order chi connectivity index (χ1) is 10.7. The molecule has 1 aromatic rings. The van der Waals surface area contributed by atoms with Crippen molar-refractivity contribution >= 4 is 23.1 Å². The van der Waals surface area contributed by atoms with Gasteiger partial charge in [-0.2, -0.15) is 0 Å². The molecule has 1 fully saturated rings. The minimum atomic E-state index is 0.0437. The van der Waals surface area contributed by atoms with Gasteiger partial charge in [0.25, 0.3) is 0 Å². The van der Waals surface area contributed by atoms with Crippen molar-refractivity contribution in [3.05, 3.63) is 16.7 Å². The van der Waals surface area contributed by atoms with E-state index in [4.69, 9.17) is 26.8 Å². The number of halogens is 1. The number of ether oxygens (including phenoxy) is 2. The molecule has 0 aliphatic carbocycles. The SMILES string of the molecule is Nc1c(Cl)cc(C(=O)CCC2CCNCC2)c2c1OCCO2. The number of ketones is 1. The molecule has 0 amide bonds. The average Bonchev–Trinajstić information content (AvgIpc) is 2.57. The summed E-state index contributed by atoms with van der Waals surface area (Å²) in [5.74, 6) is 1.51. The molecule has 2 aliphatic rings. The highest BCUT2D eigenvalue weighted by Crippen LogP contribution is 2.43. The van der Waals surface area contributed by atoms with Gasteiger partial charge in [-0.25, -0.2) is 0 Å². The first-order valence-corrected chi connectivity index (χ1v) is 8.16. The number of Topliss-reactive ketones (excluding diaryl/α,β-unsaturated/α-hetero) is 1. The molecule has 1 aromatic carbocycles. The van der Waals surface area contributed by atoms with Crippen molar-refractivity contribution in [1.82, 2.24) is 5.32 Å². The number of fused-ring (bicyclic) bond motifs is 1. The molecule has 2 aliphatic heterocycles. The van der Waals surface area contributed by atoms with Crippen LogP contribution in [-0.4, -0.2) is 32.1 Å². The number of piperidine rings is 1. The molecule has 0 bridgehead atoms. The molecule has 0 spiro atoms. The largest absolute Gasteiger partial charge is 0.485 e. The van der Waals surface area contributed by atoms with E-state index in [1.54, 1.807) is 6.07 Å². The maximum Gasteiger partial charge on any atom is 0.186 e. The van der Waals surface area contributed by atoms with Crippen LogP contribution in [0.1, 0.15) is 36.0 Å². The quantitative estimate of drug-likeness (QED) is 0.658. The van der Waals surface area contributed by atoms with Crippen LogP contribution in [0.5, 0.6) is 11.5 Å². The summed E-state index contributed by atoms with van der Waals surface area (Å²) >= 11 is 6.12. The highest BCUT2D eigenvalue weighted by Gasteiger charge is 2.25. The van der Waals surface area contributed by atoms with Gasteiger partial charge in [0.2, 0.25) is 0 Å². The molecule has 0 unspecified atom stereocenters. The lowest BCUT2D eigenvalue weighted by Gasteiger charge is -2.24. The lowest BCUT2D eigenvalue weighted by molar-refractivity contribution is 0.0960. The van der Waals surface area contributed by atoms with Crippen molar-refractivity contribution in [2.45, 2.75) is 25.7 Å². The maximum atomic E-state index is 12.6. The number of carbonyl (C=O) groups is 1. The number of nitrogen functional groups attached to an aromatic ring is 1. The van der Waals surface area contributed by atoms with Gasteiger partial charge in [-0.05, 0) is 44.3 Å². The van der Waals surface area contributed by atoms with Crippen molar-refractivity contribution in [1.29, 1.82) is 0 Å². The standard InChI is InChI=1S/C16H21ClN2O3/c17-12-9-11(15-16(14(12)18)22-8-7-21-15)13(20)2-1-10-3-5-19-6-4-10/h9-10,19H,1-8,18H2. The zero-order valence-corrected chi connectivity index (χ0v) is 13.2. The average molecular weight is 325 g/mol. The minimum Gasteiger partial charge on any atom is -0.485 e. The monoisotopic (exact) mass is 324 g/mol. The van der Waals surface area contributed by atoms with E-state index < -0.39 is 0 Å². The molecule has 5 nitrogen and oxygen atoms in total. The molecule has 0 aromatic heterocycles. The zero-order chi connectivity index (χ0) is 15.5. The lowest BCUT2D eigenvalue weighted by Crippen LogP contribution is -2.28. The summed E-state index contributed by atoms with van der Waals surface area (Å²) in [5, 5.41) is 3.68. The Balaban J connectivity index is 1.75. The topological polar surface area (TPSA) is 73.6 Å². The Labute approximate surface area is 135 Å². The van der Waals surface area contributed by atoms with Gasteiger partial charge in [-0.1, -0.05) is 11.6 Å². The number of benzene rings is 1. The van der Waals surface area contributed by atoms with E-state index in [-0.39, 0.29) is 5.78 Å². The molecule has 2 heterocycles. The molecule has 22 heavy (non-hydrogen) atoms. The van der Waals surface area contributed by atoms with Gasteiger partial charge in [0.15, 0.2) is 17.3 Å². The number of carbonyl (C=O) groups excluding carboxylic acids is 1. The van der Waals surface area contributed by atoms with Crippen molar-refractivity contribution in [2.24, 2.45) is 5.92 Å². The summed E-state index contributed by atoms with van der Waals surface area (Å²) < 4.78 is 11.1. The Bertz CT molecular complexity index is 571. The molecule has 3 rings (SSSR count). The highest BCUT2D eigenvalue weighted by atomic mass is 35.5. The summed E-state index contributed by atoms with van der Waals surface area (Å²) in [6.07, 6.45) is 3.67. The third-order valence-corrected chi connectivity index (χ3v) is 4.65. The minimum absolute atomic E-state index is 0.0437. The summed E-state index contributed by atoms with van der Waals surface area (Å²) in [4.78, 5) is 12.6. The van der Waals surface area contributed by atoms with Crippen LogP contribution in [0.25, 0.3) is 0 Å². The Morgan fingerprint density at radius 3 is 2.68 bits per heavy atom. The van der Waals surface area contributed by atoms with Crippen molar-refractivity contribution in [2.75, 3.05) is 32.0 Å². The Morgan fingerprint density at radius 1 is 1.27 bits per heavy atom. The van der Waals surface area contributed by atoms with Gasteiger partial charge >= 0.3 is 0 Å². The summed E-state index contributed by atoms with van der Waals surface area (Å²) in [5.41, 5.74) is 6.74. The van der Waals surface area contributed by atoms with Crippen LogP contribution in [0.4, 0.5) is 5.69 Å². The summed E-state index contributed by atoms with van der Waals surface area (Å²) in [7, 11) is 0. The van der Waals surface area contributed by atoms with Gasteiger partial charge in [0.1, 0.15) is 13.2 Å². The molecule has 0 radical (unpaired) electrons. The lowest BCUT2D eigenvalue weighted by atomic mass is 9.91. The van der Waals surface area contributed by atoms with E-state index in [9.17, 15) is 4.79 Å². The molecule has 0 saturated carbocycles. The fourth-order valence-electron chi connectivity index (χ4n) is 3.04. The van der Waals surface area contributed by atoms with Crippen LogP contribution >= 0.6 is 11.6 Å². The van der Waals surface area contributed by atoms with Gasteiger partial charge < -0.3 is 20.5 Å². The van der Waals surface area contributed by atoms with Crippen molar-refractivity contribution in [3.8, 4) is 11.5 Å². The molecule has 0 atom stereocenters. The van der Waals surface area contributed by atoms with Crippen LogP contribution < -0.4 is 20.5 Å². The maximum absolute atomic E-state index is 12.6. The van der Waals surface area contributed by atoms with Crippen molar-refractivity contribution < 1.29 is 14.3 Å². The predicted molar refractivity (Wildman–Crippen MR) is 86.0 cm³/mol. The fourth-order valence-corrected chi connectivity index (χ4v) is 3.24. The second-order valence-electron chi connectivity index (χ2n) is 5.83. The number of nitrogens with one attached hydrogen (secondary N) is 1. The number of hydrogen-bond acceptors (Lipinski definition) is 5. The number of nitrogens with two attached hydrogens (primary N) is 1. The van der Waals surface area contributed by atoms with Gasteiger partial charge in [-0.3, -0.25) is 4.79 Å². The third kappa shape index (κ3) is 3.15. The van der Waals surface area contributed by atoms with E-state index in [1.807, 2.05) is 0 Å². The fraction of sp³-hybridized carbons (Fsp3) is 0.562. The molecule has 120 valence electrons. The van der Waals surface area contributed by atoms with Crippen LogP contribution in [-0.2, 0) is 0 Å². The molecule has 6 heteroatoms. The van der Waals surface area contributed by atoms with E-state index in [0.29, 0.717) is 53.3 Å². The van der Waals surface area contributed by atoms with E-state index in [0.717, 1.165) is 32.4 Å². The van der Waals surface area contributed by atoms with Crippen LogP contribution in [0, 0.1) is 5.92 Å². The first kappa shape index (κ1) is 15.4. The zero-order valence-electron chi connectivity index (χ0n) is 12.5. The first-order valence-electron chi connectivity index (χ1n) is 7.78. The van der Waals surface area contributed by atoms with Gasteiger partial charge in [0.05, 0.1) is 16.3 Å².